The molecule has 3 heterocycles. The summed E-state index contributed by atoms with van der Waals surface area (Å²) in [6.45, 7) is 11.3. The van der Waals surface area contributed by atoms with E-state index in [1.807, 2.05) is 12.1 Å². The van der Waals surface area contributed by atoms with Crippen LogP contribution in [0.1, 0.15) is 81.8 Å². The summed E-state index contributed by atoms with van der Waals surface area (Å²) in [5.41, 5.74) is 9.89. The van der Waals surface area contributed by atoms with Crippen molar-refractivity contribution in [2.24, 2.45) is 5.92 Å². The molecule has 0 saturated heterocycles. The Morgan fingerprint density at radius 1 is 0.812 bits per heavy atom. The molecule has 6 nitrogen and oxygen atoms in total. The van der Waals surface area contributed by atoms with Crippen molar-refractivity contribution < 1.29 is 9.47 Å². The Balaban J connectivity index is 1.31. The first-order valence-electron chi connectivity index (χ1n) is 17.6. The second-order valence-corrected chi connectivity index (χ2v) is 13.0. The van der Waals surface area contributed by atoms with Crippen LogP contribution in [-0.4, -0.2) is 26.4 Å². The first-order valence-corrected chi connectivity index (χ1v) is 17.6. The fourth-order valence-corrected chi connectivity index (χ4v) is 7.95. The topological polar surface area (TPSA) is 54.1 Å². The molecule has 0 fully saturated rings. The van der Waals surface area contributed by atoms with E-state index in [1.54, 1.807) is 18.9 Å². The van der Waals surface area contributed by atoms with Crippen LogP contribution in [0.2, 0.25) is 0 Å². The zero-order valence-corrected chi connectivity index (χ0v) is 29.1. The summed E-state index contributed by atoms with van der Waals surface area (Å²) in [5, 5.41) is 7.62. The van der Waals surface area contributed by atoms with Crippen LogP contribution in [0.4, 0.5) is 0 Å². The molecule has 0 bridgehead atoms. The van der Waals surface area contributed by atoms with E-state index >= 15 is 0 Å². The molecular formula is C42H46N4O2. The number of methoxy groups -OCH3 is 1. The largest absolute Gasteiger partial charge is 0.497 e. The molecule has 0 spiro atoms. The smallest absolute Gasteiger partial charge is 0.141 e. The van der Waals surface area contributed by atoms with Gasteiger partial charge in [0.05, 0.1) is 29.5 Å². The fraction of sp³-hybridized carbons (Fsp3) is 0.333. The Kier molecular flexibility index (Phi) is 8.83. The van der Waals surface area contributed by atoms with E-state index in [2.05, 4.69) is 111 Å². The molecule has 0 N–H and O–H groups in total. The van der Waals surface area contributed by atoms with Gasteiger partial charge < -0.3 is 9.47 Å². The molecule has 0 radical (unpaired) electrons. The first-order chi connectivity index (χ1) is 23.5. The van der Waals surface area contributed by atoms with Crippen LogP contribution in [-0.2, 0) is 12.8 Å². The molecule has 3 aromatic heterocycles. The maximum atomic E-state index is 6.67. The van der Waals surface area contributed by atoms with Crippen molar-refractivity contribution in [2.45, 2.75) is 79.1 Å². The van der Waals surface area contributed by atoms with Gasteiger partial charge in [-0.05, 0) is 86.9 Å². The highest BCUT2D eigenvalue weighted by atomic mass is 16.5. The highest BCUT2D eigenvalue weighted by Crippen LogP contribution is 2.45. The second-order valence-electron chi connectivity index (χ2n) is 13.0. The number of pyridine rings is 1. The standard InChI is InChI=1S/C42H46N4O2/c1-7-28-14-13-15-29(8-2)41(28)42-36(9-3)44-46(37(42)10-4)30-22-27(5)23-33(24-30)48-32-18-19-35-34-16-11-12-17-38(34)45(39(35)25-32)40-26-31(47-6)20-21-43-40/h11-12,14,16-26,29,41H,7-10,13,15H2,1-6H3/t29-,41?/m0/s1. The molecule has 2 atom stereocenters. The third kappa shape index (κ3) is 5.57. The number of para-hydroxylation sites is 1. The van der Waals surface area contributed by atoms with E-state index < -0.39 is 0 Å². The average Bonchev–Trinajstić information content (AvgIpc) is 3.66. The summed E-state index contributed by atoms with van der Waals surface area (Å²) in [5.74, 6) is 4.23. The highest BCUT2D eigenvalue weighted by molar-refractivity contribution is 6.09. The van der Waals surface area contributed by atoms with Crippen molar-refractivity contribution >= 4 is 21.8 Å². The molecule has 3 aromatic carbocycles. The molecule has 1 unspecified atom stereocenters. The molecule has 48 heavy (non-hydrogen) atoms. The molecule has 6 aromatic rings. The van der Waals surface area contributed by atoms with Crippen LogP contribution in [0.15, 0.2) is 90.6 Å². The lowest BCUT2D eigenvalue weighted by atomic mass is 9.71. The van der Waals surface area contributed by atoms with Crippen molar-refractivity contribution in [3.63, 3.8) is 0 Å². The molecule has 1 aliphatic carbocycles. The molecule has 0 amide bonds. The number of allylic oxidation sites excluding steroid dienone is 2. The third-order valence-electron chi connectivity index (χ3n) is 10.2. The van der Waals surface area contributed by atoms with Crippen molar-refractivity contribution in [1.29, 1.82) is 0 Å². The summed E-state index contributed by atoms with van der Waals surface area (Å²) < 4.78 is 16.6. The minimum atomic E-state index is 0.450. The number of hydrogen-bond acceptors (Lipinski definition) is 4. The normalized spacial score (nSPS) is 16.4. The van der Waals surface area contributed by atoms with Gasteiger partial charge in [-0.2, -0.15) is 5.10 Å². The van der Waals surface area contributed by atoms with Gasteiger partial charge in [-0.15, -0.1) is 0 Å². The van der Waals surface area contributed by atoms with Crippen molar-refractivity contribution in [1.82, 2.24) is 19.3 Å². The van der Waals surface area contributed by atoms with Crippen LogP contribution < -0.4 is 9.47 Å². The van der Waals surface area contributed by atoms with Gasteiger partial charge >= 0.3 is 0 Å². The average molecular weight is 639 g/mol. The molecule has 1 aliphatic rings. The number of ether oxygens (including phenoxy) is 2. The lowest BCUT2D eigenvalue weighted by Crippen LogP contribution is -2.20. The monoisotopic (exact) mass is 638 g/mol. The zero-order valence-electron chi connectivity index (χ0n) is 29.1. The molecule has 6 heteroatoms. The van der Waals surface area contributed by atoms with E-state index in [0.717, 1.165) is 70.0 Å². The number of fused-ring (bicyclic) bond motifs is 3. The van der Waals surface area contributed by atoms with Gasteiger partial charge in [0.15, 0.2) is 0 Å². The fourth-order valence-electron chi connectivity index (χ4n) is 7.95. The SMILES string of the molecule is CCC1=CCC[C@H](CC)C1c1c(CC)nn(-c2cc(C)cc(Oc3ccc4c5ccccc5n(-c5cc(OC)ccn5)c4c3)c2)c1CC. The molecule has 0 saturated carbocycles. The Morgan fingerprint density at radius 3 is 2.42 bits per heavy atom. The summed E-state index contributed by atoms with van der Waals surface area (Å²) in [7, 11) is 1.68. The second kappa shape index (κ2) is 13.3. The Bertz CT molecular complexity index is 2140. The number of nitrogens with zero attached hydrogens (tertiary/aromatic N) is 4. The zero-order chi connectivity index (χ0) is 33.4. The maximum Gasteiger partial charge on any atom is 0.141 e. The van der Waals surface area contributed by atoms with E-state index in [0.29, 0.717) is 11.8 Å². The first kappa shape index (κ1) is 31.7. The minimum absolute atomic E-state index is 0.450. The number of benzene rings is 3. The number of aryl methyl sites for hydroxylation is 2. The lowest BCUT2D eigenvalue weighted by molar-refractivity contribution is 0.392. The Labute approximate surface area is 284 Å². The highest BCUT2D eigenvalue weighted by Gasteiger charge is 2.33. The summed E-state index contributed by atoms with van der Waals surface area (Å²) in [4.78, 5) is 4.72. The predicted molar refractivity (Wildman–Crippen MR) is 196 cm³/mol. The van der Waals surface area contributed by atoms with Gasteiger partial charge in [0.2, 0.25) is 0 Å². The summed E-state index contributed by atoms with van der Waals surface area (Å²) >= 11 is 0. The van der Waals surface area contributed by atoms with Crippen LogP contribution >= 0.6 is 0 Å². The Hall–Kier alpha value is -4.84. The van der Waals surface area contributed by atoms with Crippen LogP contribution in [0.3, 0.4) is 0 Å². The number of aromatic nitrogens is 4. The molecule has 246 valence electrons. The van der Waals surface area contributed by atoms with Gasteiger partial charge in [-0.1, -0.05) is 64.0 Å². The van der Waals surface area contributed by atoms with Crippen molar-refractivity contribution in [3.8, 4) is 28.8 Å². The molecular weight excluding hydrogens is 592 g/mol. The summed E-state index contributed by atoms with van der Waals surface area (Å²) in [6, 6.07) is 25.1. The van der Waals surface area contributed by atoms with Gasteiger partial charge in [-0.25, -0.2) is 9.67 Å². The van der Waals surface area contributed by atoms with Crippen LogP contribution in [0.25, 0.3) is 33.3 Å². The number of hydrogen-bond donors (Lipinski definition) is 0. The predicted octanol–water partition coefficient (Wildman–Crippen LogP) is 10.8. The quantitative estimate of drug-likeness (QED) is 0.140. The summed E-state index contributed by atoms with van der Waals surface area (Å²) in [6.07, 6.45) is 10.9. The maximum absolute atomic E-state index is 6.67. The van der Waals surface area contributed by atoms with E-state index in [1.165, 1.54) is 41.6 Å². The minimum Gasteiger partial charge on any atom is -0.497 e. The van der Waals surface area contributed by atoms with Gasteiger partial charge in [0.25, 0.3) is 0 Å². The van der Waals surface area contributed by atoms with E-state index in [9.17, 15) is 0 Å². The van der Waals surface area contributed by atoms with Crippen LogP contribution in [0.5, 0.6) is 17.2 Å². The number of rotatable bonds is 10. The lowest BCUT2D eigenvalue weighted by Gasteiger charge is -2.33. The Morgan fingerprint density at radius 2 is 1.65 bits per heavy atom. The van der Waals surface area contributed by atoms with E-state index in [-0.39, 0.29) is 0 Å². The molecule has 0 aliphatic heterocycles. The van der Waals surface area contributed by atoms with Gasteiger partial charge in [0.1, 0.15) is 23.1 Å². The van der Waals surface area contributed by atoms with Gasteiger partial charge in [0, 0.05) is 52.3 Å². The van der Waals surface area contributed by atoms with Crippen LogP contribution in [0, 0.1) is 12.8 Å². The third-order valence-corrected chi connectivity index (χ3v) is 10.2. The van der Waals surface area contributed by atoms with Crippen molar-refractivity contribution in [3.05, 3.63) is 113 Å². The van der Waals surface area contributed by atoms with Crippen molar-refractivity contribution in [2.75, 3.05) is 7.11 Å². The van der Waals surface area contributed by atoms with Gasteiger partial charge in [-0.3, -0.25) is 4.57 Å². The van der Waals surface area contributed by atoms with E-state index in [4.69, 9.17) is 19.6 Å². The molecule has 7 rings (SSSR count).